The lowest BCUT2D eigenvalue weighted by Crippen LogP contribution is -2.40. The van der Waals surface area contributed by atoms with Gasteiger partial charge in [0.2, 0.25) is 0 Å². The zero-order chi connectivity index (χ0) is 12.4. The number of nitrogens with two attached hydrogens (primary N) is 1. The van der Waals surface area contributed by atoms with Gasteiger partial charge in [0.05, 0.1) is 6.04 Å². The van der Waals surface area contributed by atoms with Crippen molar-refractivity contribution in [2.24, 2.45) is 11.7 Å². The van der Waals surface area contributed by atoms with Gasteiger partial charge in [-0.05, 0) is 54.7 Å². The Morgan fingerprint density at radius 2 is 2.29 bits per heavy atom. The smallest absolute Gasteiger partial charge is 0.0588 e. The summed E-state index contributed by atoms with van der Waals surface area (Å²) >= 11 is 5.32. The van der Waals surface area contributed by atoms with Crippen LogP contribution in [0.2, 0.25) is 0 Å². The van der Waals surface area contributed by atoms with Gasteiger partial charge in [-0.25, -0.2) is 0 Å². The monoisotopic (exact) mass is 316 g/mol. The van der Waals surface area contributed by atoms with Crippen molar-refractivity contribution in [1.29, 1.82) is 0 Å². The fourth-order valence-corrected chi connectivity index (χ4v) is 4.28. The van der Waals surface area contributed by atoms with E-state index in [4.69, 9.17) is 5.73 Å². The molecule has 4 heteroatoms. The van der Waals surface area contributed by atoms with Gasteiger partial charge in [0, 0.05) is 27.3 Å². The number of hydrogen-bond acceptors (Lipinski definition) is 3. The lowest BCUT2D eigenvalue weighted by molar-refractivity contribution is 0.151. The Morgan fingerprint density at radius 3 is 2.71 bits per heavy atom. The molecular formula is C13H21BrN2S. The summed E-state index contributed by atoms with van der Waals surface area (Å²) < 4.78 is 1.17. The van der Waals surface area contributed by atoms with Gasteiger partial charge >= 0.3 is 0 Å². The Hall–Kier alpha value is 0.1000. The average Bonchev–Trinajstić information content (AvgIpc) is 2.58. The largest absolute Gasteiger partial charge is 0.326 e. The Labute approximate surface area is 116 Å². The summed E-state index contributed by atoms with van der Waals surface area (Å²) in [6, 6.07) is 2.73. The maximum absolute atomic E-state index is 6.16. The number of nitrogens with zero attached hydrogens (tertiary/aromatic N) is 1. The minimum Gasteiger partial charge on any atom is -0.326 e. The van der Waals surface area contributed by atoms with Crippen LogP contribution >= 0.6 is 27.3 Å². The molecule has 1 saturated carbocycles. The van der Waals surface area contributed by atoms with E-state index in [0.717, 1.165) is 5.92 Å². The molecule has 1 fully saturated rings. The van der Waals surface area contributed by atoms with Crippen molar-refractivity contribution in [3.8, 4) is 0 Å². The van der Waals surface area contributed by atoms with Gasteiger partial charge in [-0.3, -0.25) is 4.90 Å². The van der Waals surface area contributed by atoms with Gasteiger partial charge in [0.1, 0.15) is 0 Å². The zero-order valence-electron chi connectivity index (χ0n) is 10.5. The van der Waals surface area contributed by atoms with Crippen molar-refractivity contribution < 1.29 is 0 Å². The van der Waals surface area contributed by atoms with E-state index in [2.05, 4.69) is 46.2 Å². The molecule has 96 valence electrons. The molecule has 2 nitrogen and oxygen atoms in total. The van der Waals surface area contributed by atoms with Gasteiger partial charge in [-0.1, -0.05) is 6.42 Å². The van der Waals surface area contributed by atoms with Crippen LogP contribution in [0.25, 0.3) is 0 Å². The van der Waals surface area contributed by atoms with Crippen molar-refractivity contribution in [2.45, 2.75) is 38.3 Å². The molecule has 0 aromatic carbocycles. The molecule has 2 atom stereocenters. The minimum atomic E-state index is 0.172. The third-order valence-corrected chi connectivity index (χ3v) is 5.39. The molecule has 17 heavy (non-hydrogen) atoms. The minimum absolute atomic E-state index is 0.172. The van der Waals surface area contributed by atoms with E-state index in [1.165, 1.54) is 35.2 Å². The van der Waals surface area contributed by atoms with Crippen molar-refractivity contribution in [3.63, 3.8) is 0 Å². The summed E-state index contributed by atoms with van der Waals surface area (Å²) in [7, 11) is 2.21. The first kappa shape index (κ1) is 13.5. The topological polar surface area (TPSA) is 29.3 Å². The lowest BCUT2D eigenvalue weighted by Gasteiger charge is -2.36. The lowest BCUT2D eigenvalue weighted by atomic mass is 9.84. The predicted octanol–water partition coefficient (Wildman–Crippen LogP) is 3.63. The van der Waals surface area contributed by atoms with Crippen LogP contribution in [-0.4, -0.2) is 24.5 Å². The number of thiophene rings is 1. The first-order valence-corrected chi connectivity index (χ1v) is 7.95. The van der Waals surface area contributed by atoms with Crippen LogP contribution in [0.1, 0.15) is 37.1 Å². The molecule has 1 heterocycles. The molecule has 0 radical (unpaired) electrons. The van der Waals surface area contributed by atoms with E-state index >= 15 is 0 Å². The van der Waals surface area contributed by atoms with Crippen molar-refractivity contribution in [3.05, 3.63) is 20.8 Å². The third kappa shape index (κ3) is 3.31. The molecule has 1 aromatic rings. The van der Waals surface area contributed by atoms with Crippen LogP contribution in [0.5, 0.6) is 0 Å². The van der Waals surface area contributed by atoms with Crippen LogP contribution in [-0.2, 0) is 0 Å². The quantitative estimate of drug-likeness (QED) is 0.898. The second kappa shape index (κ2) is 5.83. The van der Waals surface area contributed by atoms with E-state index in [1.807, 2.05) is 0 Å². The van der Waals surface area contributed by atoms with Gasteiger partial charge in [0.25, 0.3) is 0 Å². The van der Waals surface area contributed by atoms with Crippen LogP contribution < -0.4 is 5.73 Å². The summed E-state index contributed by atoms with van der Waals surface area (Å²) in [6.07, 6.45) is 4.19. The summed E-state index contributed by atoms with van der Waals surface area (Å²) in [5, 5.41) is 2.14. The fourth-order valence-electron chi connectivity index (χ4n) is 2.56. The second-order valence-electron chi connectivity index (χ2n) is 5.21. The Morgan fingerprint density at radius 1 is 1.59 bits per heavy atom. The number of halogens is 1. The molecule has 0 aliphatic heterocycles. The Kier molecular flexibility index (Phi) is 4.64. The fraction of sp³-hybridized carbons (Fsp3) is 0.692. The first-order valence-electron chi connectivity index (χ1n) is 6.27. The van der Waals surface area contributed by atoms with Crippen molar-refractivity contribution >= 4 is 27.3 Å². The van der Waals surface area contributed by atoms with Gasteiger partial charge in [0.15, 0.2) is 0 Å². The molecule has 2 unspecified atom stereocenters. The maximum Gasteiger partial charge on any atom is 0.0588 e. The average molecular weight is 317 g/mol. The van der Waals surface area contributed by atoms with E-state index in [1.54, 1.807) is 11.3 Å². The highest BCUT2D eigenvalue weighted by Crippen LogP contribution is 2.33. The molecule has 1 aromatic heterocycles. The van der Waals surface area contributed by atoms with E-state index in [0.29, 0.717) is 6.04 Å². The Balaban J connectivity index is 2.05. The molecule has 2 rings (SSSR count). The molecule has 1 aliphatic carbocycles. The van der Waals surface area contributed by atoms with E-state index < -0.39 is 0 Å². The molecule has 0 amide bonds. The van der Waals surface area contributed by atoms with Gasteiger partial charge < -0.3 is 5.73 Å². The predicted molar refractivity (Wildman–Crippen MR) is 78.4 cm³/mol. The van der Waals surface area contributed by atoms with Crippen LogP contribution in [0.15, 0.2) is 15.9 Å². The number of hydrogen-bond donors (Lipinski definition) is 1. The van der Waals surface area contributed by atoms with E-state index in [-0.39, 0.29) is 6.04 Å². The summed E-state index contributed by atoms with van der Waals surface area (Å²) in [5.74, 6) is 0.893. The SMILES string of the molecule is CC(N)C(c1cc(Br)cs1)N(C)CC1CCC1. The highest BCUT2D eigenvalue weighted by Gasteiger charge is 2.27. The van der Waals surface area contributed by atoms with Crippen molar-refractivity contribution in [2.75, 3.05) is 13.6 Å². The molecule has 0 saturated heterocycles. The molecule has 0 spiro atoms. The van der Waals surface area contributed by atoms with Crippen LogP contribution in [0, 0.1) is 5.92 Å². The van der Waals surface area contributed by atoms with Gasteiger partial charge in [-0.2, -0.15) is 0 Å². The normalized spacial score (nSPS) is 20.3. The maximum atomic E-state index is 6.16. The molecule has 1 aliphatic rings. The van der Waals surface area contributed by atoms with Crippen LogP contribution in [0.3, 0.4) is 0 Å². The standard InChI is InChI=1S/C13H21BrN2S/c1-9(15)13(12-6-11(14)8-17-12)16(2)7-10-4-3-5-10/h6,8-10,13H,3-5,7,15H2,1-2H3. The summed E-state index contributed by atoms with van der Waals surface area (Å²) in [4.78, 5) is 3.81. The number of likely N-dealkylation sites (N-methyl/N-ethyl adjacent to an activating group) is 1. The number of rotatable bonds is 5. The third-order valence-electron chi connectivity index (χ3n) is 3.62. The van der Waals surface area contributed by atoms with Crippen LogP contribution in [0.4, 0.5) is 0 Å². The molecule has 2 N–H and O–H groups in total. The zero-order valence-corrected chi connectivity index (χ0v) is 12.9. The first-order chi connectivity index (χ1) is 8.08. The summed E-state index contributed by atoms with van der Waals surface area (Å²) in [6.45, 7) is 3.29. The van der Waals surface area contributed by atoms with Crippen molar-refractivity contribution in [1.82, 2.24) is 4.90 Å². The van der Waals surface area contributed by atoms with E-state index in [9.17, 15) is 0 Å². The second-order valence-corrected chi connectivity index (χ2v) is 7.07. The molecule has 0 bridgehead atoms. The molecular weight excluding hydrogens is 296 g/mol. The highest BCUT2D eigenvalue weighted by atomic mass is 79.9. The highest BCUT2D eigenvalue weighted by molar-refractivity contribution is 9.10. The Bertz CT molecular complexity index is 360. The summed E-state index contributed by atoms with van der Waals surface area (Å²) in [5.41, 5.74) is 6.16. The van der Waals surface area contributed by atoms with Gasteiger partial charge in [-0.15, -0.1) is 11.3 Å².